The van der Waals surface area contributed by atoms with Gasteiger partial charge >= 0.3 is 0 Å². The summed E-state index contributed by atoms with van der Waals surface area (Å²) >= 11 is 0. The lowest BCUT2D eigenvalue weighted by molar-refractivity contribution is 0.0941. The summed E-state index contributed by atoms with van der Waals surface area (Å²) in [7, 11) is 0. The van der Waals surface area contributed by atoms with Crippen LogP contribution in [-0.4, -0.2) is 10.5 Å². The fourth-order valence-electron chi connectivity index (χ4n) is 2.34. The molecule has 2 rings (SSSR count). The van der Waals surface area contributed by atoms with E-state index in [0.717, 1.165) is 35.7 Å². The van der Waals surface area contributed by atoms with Crippen molar-refractivity contribution < 1.29 is 4.79 Å². The second-order valence-corrected chi connectivity index (χ2v) is 4.74. The van der Waals surface area contributed by atoms with Gasteiger partial charge in [0, 0.05) is 24.5 Å². The minimum atomic E-state index is 0.00968. The Morgan fingerprint density at radius 2 is 2.11 bits per heavy atom. The smallest absolute Gasteiger partial charge is 0.227 e. The van der Waals surface area contributed by atoms with E-state index in [1.54, 1.807) is 11.5 Å². The maximum atomic E-state index is 11.6. The van der Waals surface area contributed by atoms with E-state index < -0.39 is 0 Å². The molecule has 0 aliphatic carbocycles. The van der Waals surface area contributed by atoms with Crippen LogP contribution in [-0.2, 0) is 0 Å². The van der Waals surface area contributed by atoms with Gasteiger partial charge in [0.2, 0.25) is 5.91 Å². The molecule has 3 nitrogen and oxygen atoms in total. The van der Waals surface area contributed by atoms with Crippen molar-refractivity contribution in [1.82, 2.24) is 4.57 Å². The Kier molecular flexibility index (Phi) is 3.82. The second-order valence-electron chi connectivity index (χ2n) is 4.74. The summed E-state index contributed by atoms with van der Waals surface area (Å²) in [6, 6.07) is 7.95. The van der Waals surface area contributed by atoms with Crippen LogP contribution in [0, 0.1) is 0 Å². The Morgan fingerprint density at radius 1 is 1.39 bits per heavy atom. The number of carbonyl (C=O) groups excluding carboxylic acids is 1. The zero-order valence-electron chi connectivity index (χ0n) is 11.0. The second kappa shape index (κ2) is 5.36. The highest BCUT2D eigenvalue weighted by Gasteiger charge is 2.15. The van der Waals surface area contributed by atoms with Crippen molar-refractivity contribution in [2.24, 2.45) is 5.73 Å². The van der Waals surface area contributed by atoms with Crippen molar-refractivity contribution in [3.05, 3.63) is 36.0 Å². The van der Waals surface area contributed by atoms with Crippen molar-refractivity contribution in [2.75, 3.05) is 0 Å². The number of benzene rings is 1. The summed E-state index contributed by atoms with van der Waals surface area (Å²) in [4.78, 5) is 11.6. The number of para-hydroxylation sites is 1. The van der Waals surface area contributed by atoms with E-state index in [4.69, 9.17) is 5.73 Å². The minimum absolute atomic E-state index is 0.00968. The monoisotopic (exact) mass is 244 g/mol. The summed E-state index contributed by atoms with van der Waals surface area (Å²) in [5, 5.41) is 1.09. The Balaban J connectivity index is 2.47. The first-order valence-corrected chi connectivity index (χ1v) is 6.51. The Morgan fingerprint density at radius 3 is 2.78 bits per heavy atom. The van der Waals surface area contributed by atoms with E-state index >= 15 is 0 Å². The molecule has 96 valence electrons. The van der Waals surface area contributed by atoms with Crippen molar-refractivity contribution >= 4 is 16.8 Å². The Labute approximate surface area is 108 Å². The predicted octanol–water partition coefficient (Wildman–Crippen LogP) is 3.49. The number of fused-ring (bicyclic) bond motifs is 1. The number of hydrogen-bond donors (Lipinski definition) is 1. The predicted molar refractivity (Wildman–Crippen MR) is 74.7 cm³/mol. The Hall–Kier alpha value is -1.61. The van der Waals surface area contributed by atoms with E-state index in [1.807, 2.05) is 30.5 Å². The van der Waals surface area contributed by atoms with E-state index in [-0.39, 0.29) is 11.9 Å². The first kappa shape index (κ1) is 12.8. The average Bonchev–Trinajstić information content (AvgIpc) is 2.75. The third-order valence-corrected chi connectivity index (χ3v) is 3.35. The highest BCUT2D eigenvalue weighted by Crippen LogP contribution is 2.27. The average molecular weight is 244 g/mol. The number of rotatable bonds is 4. The molecule has 0 saturated heterocycles. The molecule has 0 radical (unpaired) electrons. The topological polar surface area (TPSA) is 48.0 Å². The van der Waals surface area contributed by atoms with Gasteiger partial charge in [-0.15, -0.1) is 0 Å². The lowest BCUT2D eigenvalue weighted by Crippen LogP contribution is -2.10. The third kappa shape index (κ3) is 2.31. The molecule has 1 aromatic heterocycles. The van der Waals surface area contributed by atoms with Crippen molar-refractivity contribution in [3.8, 4) is 0 Å². The molecular weight excluding hydrogens is 224 g/mol. The summed E-state index contributed by atoms with van der Waals surface area (Å²) < 4.78 is 1.69. The van der Waals surface area contributed by atoms with Crippen LogP contribution in [0.2, 0.25) is 0 Å². The van der Waals surface area contributed by atoms with E-state index in [0.29, 0.717) is 0 Å². The van der Waals surface area contributed by atoms with Gasteiger partial charge < -0.3 is 5.73 Å². The number of unbranched alkanes of at least 4 members (excludes halogenated alkanes) is 1. The minimum Gasteiger partial charge on any atom is -0.324 e. The van der Waals surface area contributed by atoms with E-state index in [1.165, 1.54) is 0 Å². The van der Waals surface area contributed by atoms with Crippen LogP contribution in [0.1, 0.15) is 49.5 Å². The van der Waals surface area contributed by atoms with Crippen LogP contribution in [0.15, 0.2) is 30.5 Å². The van der Waals surface area contributed by atoms with E-state index in [9.17, 15) is 4.79 Å². The van der Waals surface area contributed by atoms with Crippen LogP contribution in [0.3, 0.4) is 0 Å². The molecule has 0 bridgehead atoms. The number of carbonyl (C=O) groups is 1. The molecule has 0 unspecified atom stereocenters. The van der Waals surface area contributed by atoms with E-state index in [2.05, 4.69) is 6.92 Å². The van der Waals surface area contributed by atoms with Crippen molar-refractivity contribution in [2.45, 2.75) is 39.2 Å². The lowest BCUT2D eigenvalue weighted by atomic mass is 10.0. The third-order valence-electron chi connectivity index (χ3n) is 3.35. The maximum Gasteiger partial charge on any atom is 0.227 e. The molecular formula is C15H20N2O. The lowest BCUT2D eigenvalue weighted by Gasteiger charge is -2.09. The van der Waals surface area contributed by atoms with Gasteiger partial charge in [0.1, 0.15) is 0 Å². The number of aromatic nitrogens is 1. The highest BCUT2D eigenvalue weighted by molar-refractivity contribution is 5.93. The molecule has 2 N–H and O–H groups in total. The summed E-state index contributed by atoms with van der Waals surface area (Å²) in [5.74, 6) is 0.0279. The number of nitrogens with two attached hydrogens (primary N) is 1. The van der Waals surface area contributed by atoms with Gasteiger partial charge in [-0.25, -0.2) is 0 Å². The molecule has 18 heavy (non-hydrogen) atoms. The molecule has 3 heteroatoms. The first-order chi connectivity index (χ1) is 8.65. The van der Waals surface area contributed by atoms with Gasteiger partial charge in [-0.05, 0) is 18.1 Å². The van der Waals surface area contributed by atoms with Crippen molar-refractivity contribution in [1.29, 1.82) is 0 Å². The van der Waals surface area contributed by atoms with Crippen LogP contribution in [0.4, 0.5) is 0 Å². The summed E-state index contributed by atoms with van der Waals surface area (Å²) in [6.07, 6.45) is 5.11. The molecule has 0 fully saturated rings. The van der Waals surface area contributed by atoms with Gasteiger partial charge in [0.15, 0.2) is 0 Å². The molecule has 1 atom stereocenters. The highest BCUT2D eigenvalue weighted by atomic mass is 16.1. The zero-order chi connectivity index (χ0) is 13.1. The number of nitrogens with zero attached hydrogens (tertiary/aromatic N) is 1. The maximum absolute atomic E-state index is 11.6. The largest absolute Gasteiger partial charge is 0.324 e. The number of hydrogen-bond acceptors (Lipinski definition) is 2. The molecule has 1 aromatic carbocycles. The fourth-order valence-corrected chi connectivity index (χ4v) is 2.34. The summed E-state index contributed by atoms with van der Waals surface area (Å²) in [5.41, 5.74) is 8.26. The zero-order valence-corrected chi connectivity index (χ0v) is 11.0. The molecule has 0 amide bonds. The Bertz CT molecular complexity index is 557. The molecule has 2 aromatic rings. The van der Waals surface area contributed by atoms with Crippen LogP contribution < -0.4 is 5.73 Å². The quantitative estimate of drug-likeness (QED) is 0.895. The van der Waals surface area contributed by atoms with Crippen LogP contribution in [0.5, 0.6) is 0 Å². The molecule has 0 saturated carbocycles. The normalized spacial score (nSPS) is 12.8. The fraction of sp³-hybridized carbons (Fsp3) is 0.400. The van der Waals surface area contributed by atoms with Crippen LogP contribution >= 0.6 is 0 Å². The summed E-state index contributed by atoms with van der Waals surface area (Å²) in [6.45, 7) is 3.74. The molecule has 0 aliphatic rings. The molecule has 0 spiro atoms. The molecule has 1 heterocycles. The van der Waals surface area contributed by atoms with Crippen molar-refractivity contribution in [3.63, 3.8) is 0 Å². The van der Waals surface area contributed by atoms with Gasteiger partial charge in [-0.3, -0.25) is 9.36 Å². The van der Waals surface area contributed by atoms with Gasteiger partial charge in [-0.1, -0.05) is 38.0 Å². The van der Waals surface area contributed by atoms with Gasteiger partial charge in [0.05, 0.1) is 5.52 Å². The standard InChI is InChI=1S/C15H20N2O/c1-3-4-8-14(16)13-10-17(11(2)18)15-9-6-5-7-12(13)15/h5-7,9-10,14H,3-4,8,16H2,1-2H3/t14-/m0/s1. The molecule has 0 aliphatic heterocycles. The van der Waals surface area contributed by atoms with Crippen LogP contribution in [0.25, 0.3) is 10.9 Å². The van der Waals surface area contributed by atoms with Gasteiger partial charge in [0.25, 0.3) is 0 Å². The first-order valence-electron chi connectivity index (χ1n) is 6.51. The van der Waals surface area contributed by atoms with Gasteiger partial charge in [-0.2, -0.15) is 0 Å². The SMILES string of the molecule is CCCC[C@H](N)c1cn(C(C)=O)c2ccccc12.